The maximum absolute atomic E-state index is 12.2. The lowest BCUT2D eigenvalue weighted by atomic mass is 9.64. The molecule has 0 aromatic carbocycles. The summed E-state index contributed by atoms with van der Waals surface area (Å²) in [5, 5.41) is 11.9. The first-order valence-electron chi connectivity index (χ1n) is 7.52. The van der Waals surface area contributed by atoms with Gasteiger partial charge in [-0.05, 0) is 30.5 Å². The van der Waals surface area contributed by atoms with Crippen LogP contribution in [-0.4, -0.2) is 32.2 Å². The highest BCUT2D eigenvalue weighted by molar-refractivity contribution is 5.66. The van der Waals surface area contributed by atoms with Crippen molar-refractivity contribution in [2.45, 2.75) is 31.2 Å². The van der Waals surface area contributed by atoms with E-state index in [9.17, 15) is 9.59 Å². The monoisotopic (exact) mass is 314 g/mol. The molecule has 0 radical (unpaired) electrons. The van der Waals surface area contributed by atoms with Crippen molar-refractivity contribution < 1.29 is 9.90 Å². The molecule has 23 heavy (non-hydrogen) atoms. The first-order chi connectivity index (χ1) is 11.1. The summed E-state index contributed by atoms with van der Waals surface area (Å²) in [6.07, 6.45) is 9.60. The predicted octanol–water partition coefficient (Wildman–Crippen LogP) is 1.26. The van der Waals surface area contributed by atoms with Gasteiger partial charge in [0.15, 0.2) is 5.82 Å². The van der Waals surface area contributed by atoms with Crippen LogP contribution in [0.2, 0.25) is 0 Å². The van der Waals surface area contributed by atoms with Gasteiger partial charge in [0.25, 0.3) is 5.56 Å². The van der Waals surface area contributed by atoms with E-state index in [0.717, 1.165) is 23.8 Å². The van der Waals surface area contributed by atoms with Crippen LogP contribution < -0.4 is 10.9 Å². The van der Waals surface area contributed by atoms with Crippen LogP contribution in [0.15, 0.2) is 41.7 Å². The number of carboxylic acids is 1. The van der Waals surface area contributed by atoms with Gasteiger partial charge in [0.05, 0.1) is 0 Å². The Balaban J connectivity index is 1.78. The molecule has 0 bridgehead atoms. The Kier molecular flexibility index (Phi) is 4.10. The van der Waals surface area contributed by atoms with Gasteiger partial charge >= 0.3 is 5.97 Å². The third kappa shape index (κ3) is 3.08. The summed E-state index contributed by atoms with van der Waals surface area (Å²) >= 11 is 0. The van der Waals surface area contributed by atoms with Crippen molar-refractivity contribution in [3.63, 3.8) is 0 Å². The molecule has 0 saturated heterocycles. The highest BCUT2D eigenvalue weighted by atomic mass is 16.4. The fourth-order valence-corrected chi connectivity index (χ4v) is 2.97. The predicted molar refractivity (Wildman–Crippen MR) is 84.4 cm³/mol. The molecule has 0 unspecified atom stereocenters. The number of anilines is 1. The van der Waals surface area contributed by atoms with Gasteiger partial charge in [0.1, 0.15) is 6.54 Å². The third-order valence-corrected chi connectivity index (χ3v) is 4.42. The van der Waals surface area contributed by atoms with Crippen LogP contribution in [-0.2, 0) is 16.8 Å². The number of aromatic nitrogens is 3. The summed E-state index contributed by atoms with van der Waals surface area (Å²) in [7, 11) is 0. The van der Waals surface area contributed by atoms with E-state index in [1.165, 1.54) is 18.0 Å². The summed E-state index contributed by atoms with van der Waals surface area (Å²) in [6, 6.07) is 4.00. The van der Waals surface area contributed by atoms with E-state index >= 15 is 0 Å². The van der Waals surface area contributed by atoms with Gasteiger partial charge in [-0.3, -0.25) is 19.1 Å². The van der Waals surface area contributed by atoms with Gasteiger partial charge in [-0.15, -0.1) is 0 Å². The van der Waals surface area contributed by atoms with E-state index in [1.807, 2.05) is 12.1 Å². The van der Waals surface area contributed by atoms with Crippen molar-refractivity contribution in [1.29, 1.82) is 0 Å². The summed E-state index contributed by atoms with van der Waals surface area (Å²) in [4.78, 5) is 31.1. The van der Waals surface area contributed by atoms with Gasteiger partial charge in [0.2, 0.25) is 0 Å². The van der Waals surface area contributed by atoms with Crippen LogP contribution >= 0.6 is 0 Å². The average molecular weight is 314 g/mol. The Labute approximate surface area is 133 Å². The molecule has 2 heterocycles. The smallest absolute Gasteiger partial charge is 0.323 e. The Morgan fingerprint density at radius 2 is 2.04 bits per heavy atom. The second-order valence-corrected chi connectivity index (χ2v) is 5.83. The van der Waals surface area contributed by atoms with Gasteiger partial charge in [-0.1, -0.05) is 6.42 Å². The molecule has 7 nitrogen and oxygen atoms in total. The first kappa shape index (κ1) is 15.2. The van der Waals surface area contributed by atoms with E-state index in [-0.39, 0.29) is 17.8 Å². The Morgan fingerprint density at radius 3 is 2.65 bits per heavy atom. The Bertz CT molecular complexity index is 753. The summed E-state index contributed by atoms with van der Waals surface area (Å²) in [6.45, 7) is 0.224. The van der Waals surface area contributed by atoms with Gasteiger partial charge in [-0.25, -0.2) is 4.98 Å². The quantitative estimate of drug-likeness (QED) is 0.833. The van der Waals surface area contributed by atoms with Crippen LogP contribution in [0, 0.1) is 0 Å². The highest BCUT2D eigenvalue weighted by Gasteiger charge is 2.38. The molecule has 1 aliphatic carbocycles. The topological polar surface area (TPSA) is 97.1 Å². The molecule has 7 heteroatoms. The normalized spacial score (nSPS) is 15.7. The second-order valence-electron chi connectivity index (χ2n) is 5.83. The van der Waals surface area contributed by atoms with E-state index in [0.29, 0.717) is 6.54 Å². The average Bonchev–Trinajstić information content (AvgIpc) is 2.50. The molecule has 0 aliphatic heterocycles. The minimum absolute atomic E-state index is 0.00940. The van der Waals surface area contributed by atoms with Crippen LogP contribution in [0.1, 0.15) is 24.8 Å². The minimum atomic E-state index is -1.06. The van der Waals surface area contributed by atoms with Gasteiger partial charge in [-0.2, -0.15) is 0 Å². The van der Waals surface area contributed by atoms with Crippen molar-refractivity contribution in [2.75, 3.05) is 11.9 Å². The Hall–Kier alpha value is -2.70. The number of hydrogen-bond donors (Lipinski definition) is 2. The van der Waals surface area contributed by atoms with Crippen LogP contribution in [0.3, 0.4) is 0 Å². The number of hydrogen-bond acceptors (Lipinski definition) is 5. The fraction of sp³-hybridized carbons (Fsp3) is 0.375. The van der Waals surface area contributed by atoms with Gasteiger partial charge < -0.3 is 10.4 Å². The molecule has 1 saturated carbocycles. The van der Waals surface area contributed by atoms with E-state index < -0.39 is 11.5 Å². The summed E-state index contributed by atoms with van der Waals surface area (Å²) in [5.74, 6) is -0.870. The van der Waals surface area contributed by atoms with E-state index in [1.54, 1.807) is 12.4 Å². The van der Waals surface area contributed by atoms with Crippen molar-refractivity contribution in [2.24, 2.45) is 0 Å². The van der Waals surface area contributed by atoms with Crippen molar-refractivity contribution in [3.05, 3.63) is 52.8 Å². The van der Waals surface area contributed by atoms with Gasteiger partial charge in [0, 0.05) is 36.7 Å². The van der Waals surface area contributed by atoms with Crippen LogP contribution in [0.25, 0.3) is 0 Å². The maximum atomic E-state index is 12.2. The van der Waals surface area contributed by atoms with Crippen molar-refractivity contribution in [3.8, 4) is 0 Å². The lowest BCUT2D eigenvalue weighted by Crippen LogP contribution is -2.42. The number of carbonyl (C=O) groups is 1. The number of nitrogens with zero attached hydrogens (tertiary/aromatic N) is 3. The SMILES string of the molecule is O=C(O)Cn1ccnc(NCC2(c3ccncc3)CCC2)c1=O. The molecular formula is C16H18N4O3. The summed E-state index contributed by atoms with van der Waals surface area (Å²) in [5.41, 5.74) is 0.775. The number of nitrogens with one attached hydrogen (secondary N) is 1. The lowest BCUT2D eigenvalue weighted by molar-refractivity contribution is -0.137. The Morgan fingerprint density at radius 1 is 1.30 bits per heavy atom. The molecule has 2 aromatic heterocycles. The number of aliphatic carboxylic acids is 1. The standard InChI is InChI=1S/C16H18N4O3/c21-13(22)10-20-9-8-18-14(15(20)23)19-11-16(4-1-5-16)12-2-6-17-7-3-12/h2-3,6-9H,1,4-5,10-11H2,(H,18,19)(H,21,22). The molecule has 0 spiro atoms. The second kappa shape index (κ2) is 6.20. The molecule has 0 atom stereocenters. The zero-order chi connectivity index (χ0) is 16.3. The first-order valence-corrected chi connectivity index (χ1v) is 7.52. The molecule has 2 aromatic rings. The zero-order valence-corrected chi connectivity index (χ0v) is 12.6. The zero-order valence-electron chi connectivity index (χ0n) is 12.6. The molecule has 0 amide bonds. The molecular weight excluding hydrogens is 296 g/mol. The lowest BCUT2D eigenvalue weighted by Gasteiger charge is -2.42. The third-order valence-electron chi connectivity index (χ3n) is 4.42. The van der Waals surface area contributed by atoms with Crippen molar-refractivity contribution in [1.82, 2.24) is 14.5 Å². The molecule has 1 aliphatic rings. The largest absolute Gasteiger partial charge is 0.480 e. The van der Waals surface area contributed by atoms with E-state index in [2.05, 4.69) is 15.3 Å². The van der Waals surface area contributed by atoms with E-state index in [4.69, 9.17) is 5.11 Å². The number of carboxylic acid groups (broad SMARTS) is 1. The number of pyridine rings is 1. The molecule has 2 N–H and O–H groups in total. The van der Waals surface area contributed by atoms with Crippen molar-refractivity contribution >= 4 is 11.8 Å². The maximum Gasteiger partial charge on any atom is 0.323 e. The minimum Gasteiger partial charge on any atom is -0.480 e. The molecule has 1 fully saturated rings. The fourth-order valence-electron chi connectivity index (χ4n) is 2.97. The summed E-state index contributed by atoms with van der Waals surface area (Å²) < 4.78 is 1.14. The molecule has 120 valence electrons. The number of rotatable bonds is 6. The van der Waals surface area contributed by atoms with Crippen LogP contribution in [0.5, 0.6) is 0 Å². The molecule has 3 rings (SSSR count). The highest BCUT2D eigenvalue weighted by Crippen LogP contribution is 2.43. The van der Waals surface area contributed by atoms with Crippen LogP contribution in [0.4, 0.5) is 5.82 Å².